The highest BCUT2D eigenvalue weighted by Crippen LogP contribution is 2.52. The molecule has 1 aromatic rings. The van der Waals surface area contributed by atoms with Gasteiger partial charge < -0.3 is 14.4 Å². The molecule has 0 radical (unpaired) electrons. The molecule has 1 amide bonds. The molecule has 0 saturated heterocycles. The summed E-state index contributed by atoms with van der Waals surface area (Å²) in [5.74, 6) is -0.378. The van der Waals surface area contributed by atoms with E-state index < -0.39 is 5.60 Å². The summed E-state index contributed by atoms with van der Waals surface area (Å²) in [4.78, 5) is 27.0. The maximum absolute atomic E-state index is 12.6. The first kappa shape index (κ1) is 18.7. The Morgan fingerprint density at radius 2 is 1.92 bits per heavy atom. The molecule has 0 bridgehead atoms. The van der Waals surface area contributed by atoms with Crippen molar-refractivity contribution in [3.63, 3.8) is 0 Å². The predicted molar refractivity (Wildman–Crippen MR) is 96.1 cm³/mol. The van der Waals surface area contributed by atoms with Crippen LogP contribution in [0.1, 0.15) is 82.2 Å². The van der Waals surface area contributed by atoms with Crippen LogP contribution < -0.4 is 0 Å². The Morgan fingerprint density at radius 3 is 2.42 bits per heavy atom. The molecule has 1 spiro atoms. The molecule has 2 heterocycles. The second-order valence-corrected chi connectivity index (χ2v) is 8.55. The average Bonchev–Trinajstić information content (AvgIpc) is 3.15. The van der Waals surface area contributed by atoms with Gasteiger partial charge in [0.2, 0.25) is 0 Å². The summed E-state index contributed by atoms with van der Waals surface area (Å²) in [6, 6.07) is 0.0331. The normalized spacial score (nSPS) is 18.0. The van der Waals surface area contributed by atoms with Gasteiger partial charge in [0.05, 0.1) is 18.8 Å². The minimum Gasteiger partial charge on any atom is -0.461 e. The van der Waals surface area contributed by atoms with Crippen LogP contribution in [0.2, 0.25) is 0 Å². The van der Waals surface area contributed by atoms with Crippen molar-refractivity contribution in [1.29, 1.82) is 0 Å². The fourth-order valence-electron chi connectivity index (χ4n) is 3.52. The lowest BCUT2D eigenvalue weighted by atomic mass is 9.92. The third-order valence-corrected chi connectivity index (χ3v) is 4.82. The van der Waals surface area contributed by atoms with Crippen molar-refractivity contribution < 1.29 is 19.1 Å². The quantitative estimate of drug-likeness (QED) is 0.769. The molecular formula is C19H29N3O4. The first-order valence-corrected chi connectivity index (χ1v) is 9.35. The van der Waals surface area contributed by atoms with E-state index in [4.69, 9.17) is 14.6 Å². The zero-order chi connectivity index (χ0) is 19.3. The Balaban J connectivity index is 2.01. The lowest BCUT2D eigenvalue weighted by molar-refractivity contribution is 0.0192. The van der Waals surface area contributed by atoms with E-state index in [2.05, 4.69) is 0 Å². The van der Waals surface area contributed by atoms with Crippen molar-refractivity contribution in [2.45, 2.75) is 78.0 Å². The van der Waals surface area contributed by atoms with E-state index in [9.17, 15) is 9.59 Å². The standard InChI is InChI=1S/C19H29N3O4/c1-7-25-16(23)14-13-10-21(17(24)26-18(4,5)6)11-19(8-9-19)15(13)20-22(14)12(2)3/h12H,7-11H2,1-6H3. The molecule has 144 valence electrons. The SMILES string of the molecule is CCOC(=O)c1c2c(nn1C(C)C)C1(CC1)CN(C(=O)OC(C)(C)C)C2. The Hall–Kier alpha value is -2.05. The zero-order valence-electron chi connectivity index (χ0n) is 16.6. The Morgan fingerprint density at radius 1 is 1.27 bits per heavy atom. The summed E-state index contributed by atoms with van der Waals surface area (Å²) in [5.41, 5.74) is 1.53. The van der Waals surface area contributed by atoms with Crippen molar-refractivity contribution in [2.75, 3.05) is 13.2 Å². The van der Waals surface area contributed by atoms with E-state index in [0.29, 0.717) is 25.4 Å². The van der Waals surface area contributed by atoms with Crippen LogP contribution in [0.25, 0.3) is 0 Å². The number of hydrogen-bond donors (Lipinski definition) is 0. The van der Waals surface area contributed by atoms with Gasteiger partial charge in [0.15, 0.2) is 5.69 Å². The Bertz CT molecular complexity index is 726. The molecule has 1 aliphatic carbocycles. The smallest absolute Gasteiger partial charge is 0.410 e. The van der Waals surface area contributed by atoms with E-state index in [1.54, 1.807) is 16.5 Å². The summed E-state index contributed by atoms with van der Waals surface area (Å²) in [7, 11) is 0. The highest BCUT2D eigenvalue weighted by molar-refractivity contribution is 5.90. The first-order chi connectivity index (χ1) is 12.1. The number of carbonyl (C=O) groups excluding carboxylic acids is 2. The molecule has 1 aromatic heterocycles. The molecule has 1 aliphatic heterocycles. The number of carbonyl (C=O) groups is 2. The molecule has 1 fully saturated rings. The highest BCUT2D eigenvalue weighted by Gasteiger charge is 2.54. The number of aromatic nitrogens is 2. The minimum atomic E-state index is -0.555. The van der Waals surface area contributed by atoms with E-state index >= 15 is 0 Å². The predicted octanol–water partition coefficient (Wildman–Crippen LogP) is 3.42. The Labute approximate surface area is 154 Å². The van der Waals surface area contributed by atoms with Crippen LogP contribution in [-0.4, -0.2) is 45.5 Å². The number of rotatable bonds is 3. The van der Waals surface area contributed by atoms with Gasteiger partial charge in [-0.1, -0.05) is 0 Å². The van der Waals surface area contributed by atoms with Crippen LogP contribution in [-0.2, 0) is 21.4 Å². The van der Waals surface area contributed by atoms with Crippen molar-refractivity contribution in [1.82, 2.24) is 14.7 Å². The lowest BCUT2D eigenvalue weighted by Gasteiger charge is -2.34. The summed E-state index contributed by atoms with van der Waals surface area (Å²) in [6.45, 7) is 12.6. The van der Waals surface area contributed by atoms with Crippen LogP contribution in [0.3, 0.4) is 0 Å². The fourth-order valence-corrected chi connectivity index (χ4v) is 3.52. The fraction of sp³-hybridized carbons (Fsp3) is 0.737. The molecule has 0 atom stereocenters. The third-order valence-electron chi connectivity index (χ3n) is 4.82. The third kappa shape index (κ3) is 3.31. The van der Waals surface area contributed by atoms with Gasteiger partial charge in [-0.3, -0.25) is 4.68 Å². The van der Waals surface area contributed by atoms with Gasteiger partial charge in [-0.15, -0.1) is 0 Å². The molecule has 2 aliphatic rings. The molecular weight excluding hydrogens is 334 g/mol. The van der Waals surface area contributed by atoms with Gasteiger partial charge in [0, 0.05) is 23.6 Å². The molecule has 3 rings (SSSR count). The maximum atomic E-state index is 12.6. The summed E-state index contributed by atoms with van der Waals surface area (Å²) >= 11 is 0. The minimum absolute atomic E-state index is 0.0331. The van der Waals surface area contributed by atoms with Gasteiger partial charge in [0.25, 0.3) is 0 Å². The topological polar surface area (TPSA) is 73.7 Å². The van der Waals surface area contributed by atoms with Crippen LogP contribution in [0.15, 0.2) is 0 Å². The highest BCUT2D eigenvalue weighted by atomic mass is 16.6. The first-order valence-electron chi connectivity index (χ1n) is 9.35. The van der Waals surface area contributed by atoms with Crippen LogP contribution >= 0.6 is 0 Å². The van der Waals surface area contributed by atoms with E-state index in [1.807, 2.05) is 34.6 Å². The molecule has 0 aromatic carbocycles. The van der Waals surface area contributed by atoms with E-state index in [-0.39, 0.29) is 23.5 Å². The van der Waals surface area contributed by atoms with Crippen molar-refractivity contribution >= 4 is 12.1 Å². The summed E-state index contributed by atoms with van der Waals surface area (Å²) < 4.78 is 12.6. The second kappa shape index (κ2) is 6.28. The molecule has 26 heavy (non-hydrogen) atoms. The van der Waals surface area contributed by atoms with Crippen molar-refractivity contribution in [3.05, 3.63) is 17.0 Å². The number of fused-ring (bicyclic) bond motifs is 2. The number of nitrogens with zero attached hydrogens (tertiary/aromatic N) is 3. The number of amides is 1. The van der Waals surface area contributed by atoms with Gasteiger partial charge in [-0.25, -0.2) is 9.59 Å². The molecule has 7 heteroatoms. The Kier molecular flexibility index (Phi) is 4.53. The number of ether oxygens (including phenoxy) is 2. The van der Waals surface area contributed by atoms with Gasteiger partial charge in [-0.05, 0) is 54.4 Å². The van der Waals surface area contributed by atoms with Crippen LogP contribution in [0.4, 0.5) is 4.79 Å². The zero-order valence-corrected chi connectivity index (χ0v) is 16.6. The van der Waals surface area contributed by atoms with Crippen molar-refractivity contribution in [2.24, 2.45) is 0 Å². The molecule has 1 saturated carbocycles. The number of esters is 1. The van der Waals surface area contributed by atoms with Crippen molar-refractivity contribution in [3.8, 4) is 0 Å². The van der Waals surface area contributed by atoms with E-state index in [0.717, 1.165) is 24.1 Å². The monoisotopic (exact) mass is 363 g/mol. The van der Waals surface area contributed by atoms with Crippen LogP contribution in [0.5, 0.6) is 0 Å². The van der Waals surface area contributed by atoms with Crippen LogP contribution in [0, 0.1) is 0 Å². The largest absolute Gasteiger partial charge is 0.461 e. The second-order valence-electron chi connectivity index (χ2n) is 8.55. The molecule has 7 nitrogen and oxygen atoms in total. The maximum Gasteiger partial charge on any atom is 0.410 e. The van der Waals surface area contributed by atoms with Gasteiger partial charge in [-0.2, -0.15) is 5.10 Å². The molecule has 0 N–H and O–H groups in total. The van der Waals surface area contributed by atoms with Gasteiger partial charge >= 0.3 is 12.1 Å². The average molecular weight is 363 g/mol. The lowest BCUT2D eigenvalue weighted by Crippen LogP contribution is -2.44. The van der Waals surface area contributed by atoms with E-state index in [1.165, 1.54) is 0 Å². The summed E-state index contributed by atoms with van der Waals surface area (Å²) in [5, 5.41) is 4.77. The van der Waals surface area contributed by atoms with Gasteiger partial charge in [0.1, 0.15) is 5.60 Å². The number of hydrogen-bond acceptors (Lipinski definition) is 5. The molecule has 0 unspecified atom stereocenters. The summed E-state index contributed by atoms with van der Waals surface area (Å²) in [6.07, 6.45) is 1.59.